The fourth-order valence-corrected chi connectivity index (χ4v) is 3.15. The van der Waals surface area contributed by atoms with E-state index >= 15 is 0 Å². The average molecular weight is 331 g/mol. The molecule has 0 radical (unpaired) electrons. The van der Waals surface area contributed by atoms with Gasteiger partial charge in [-0.25, -0.2) is 0 Å². The van der Waals surface area contributed by atoms with Crippen LogP contribution in [0.2, 0.25) is 0 Å². The molecule has 0 saturated carbocycles. The van der Waals surface area contributed by atoms with Gasteiger partial charge in [-0.3, -0.25) is 9.59 Å². The van der Waals surface area contributed by atoms with Crippen molar-refractivity contribution in [3.8, 4) is 0 Å². The Morgan fingerprint density at radius 3 is 2.29 bits per heavy atom. The lowest BCUT2D eigenvalue weighted by atomic mass is 9.85. The van der Waals surface area contributed by atoms with Crippen LogP contribution < -0.4 is 0 Å². The molecule has 1 aromatic carbocycles. The molecule has 132 valence electrons. The second kappa shape index (κ2) is 7.82. The van der Waals surface area contributed by atoms with Crippen molar-refractivity contribution in [2.75, 3.05) is 6.54 Å². The minimum Gasteiger partial charge on any atom is -0.481 e. The second-order valence-corrected chi connectivity index (χ2v) is 7.74. The number of aliphatic carboxylic acids is 1. The summed E-state index contributed by atoms with van der Waals surface area (Å²) in [7, 11) is 0. The molecule has 0 bridgehead atoms. The Kier molecular flexibility index (Phi) is 6.03. The van der Waals surface area contributed by atoms with E-state index in [-0.39, 0.29) is 23.8 Å². The molecule has 4 heteroatoms. The van der Waals surface area contributed by atoms with Crippen LogP contribution in [0.25, 0.3) is 0 Å². The molecular weight excluding hydrogens is 302 g/mol. The van der Waals surface area contributed by atoms with Crippen molar-refractivity contribution in [2.24, 2.45) is 0 Å². The van der Waals surface area contributed by atoms with Gasteiger partial charge in [0.2, 0.25) is 5.91 Å². The number of unbranched alkanes of at least 4 members (excludes halogenated alkanes) is 3. The van der Waals surface area contributed by atoms with Gasteiger partial charge < -0.3 is 10.0 Å². The van der Waals surface area contributed by atoms with E-state index in [9.17, 15) is 9.59 Å². The zero-order valence-electron chi connectivity index (χ0n) is 15.0. The first-order valence-electron chi connectivity index (χ1n) is 8.91. The topological polar surface area (TPSA) is 57.6 Å². The van der Waals surface area contributed by atoms with Crippen molar-refractivity contribution in [3.63, 3.8) is 0 Å². The summed E-state index contributed by atoms with van der Waals surface area (Å²) in [4.78, 5) is 24.3. The molecule has 24 heavy (non-hydrogen) atoms. The lowest BCUT2D eigenvalue weighted by Crippen LogP contribution is -2.46. The Morgan fingerprint density at radius 2 is 1.75 bits per heavy atom. The standard InChI is InChI=1S/C20H29NO3/c1-20(2,3)16-11-9-15(10-12-16)17-14-18(22)21(17)13-7-5-4-6-8-19(23)24/h9-12,17H,4-8,13-14H2,1-3H3,(H,23,24)/t17-/m1/s1. The molecule has 1 aromatic rings. The third-order valence-corrected chi connectivity index (χ3v) is 4.77. The number of nitrogens with zero attached hydrogens (tertiary/aromatic N) is 1. The number of benzene rings is 1. The minimum absolute atomic E-state index is 0.142. The maximum atomic E-state index is 11.9. The molecule has 0 aliphatic carbocycles. The lowest BCUT2D eigenvalue weighted by molar-refractivity contribution is -0.146. The Bertz CT molecular complexity index is 572. The van der Waals surface area contributed by atoms with Crippen molar-refractivity contribution in [1.82, 2.24) is 4.90 Å². The maximum absolute atomic E-state index is 11.9. The van der Waals surface area contributed by atoms with Gasteiger partial charge in [0, 0.05) is 13.0 Å². The van der Waals surface area contributed by atoms with Gasteiger partial charge in [0.05, 0.1) is 12.5 Å². The van der Waals surface area contributed by atoms with E-state index in [1.165, 1.54) is 11.1 Å². The average Bonchev–Trinajstić information content (AvgIpc) is 2.50. The monoisotopic (exact) mass is 331 g/mol. The zero-order valence-corrected chi connectivity index (χ0v) is 15.0. The maximum Gasteiger partial charge on any atom is 0.303 e. The third-order valence-electron chi connectivity index (χ3n) is 4.77. The second-order valence-electron chi connectivity index (χ2n) is 7.74. The zero-order chi connectivity index (χ0) is 17.7. The molecule has 0 spiro atoms. The summed E-state index contributed by atoms with van der Waals surface area (Å²) in [5.41, 5.74) is 2.67. The molecule has 1 heterocycles. The van der Waals surface area contributed by atoms with E-state index in [1.54, 1.807) is 0 Å². The molecule has 1 N–H and O–H groups in total. The Morgan fingerprint density at radius 1 is 1.12 bits per heavy atom. The van der Waals surface area contributed by atoms with Crippen LogP contribution in [-0.2, 0) is 15.0 Å². The Balaban J connectivity index is 1.81. The highest BCUT2D eigenvalue weighted by Crippen LogP contribution is 2.35. The number of carbonyl (C=O) groups excluding carboxylic acids is 1. The largest absolute Gasteiger partial charge is 0.481 e. The SMILES string of the molecule is CC(C)(C)c1ccc([C@H]2CC(=O)N2CCCCCCC(=O)O)cc1. The highest BCUT2D eigenvalue weighted by molar-refractivity contribution is 5.83. The number of carboxylic acids is 1. The summed E-state index contributed by atoms with van der Waals surface area (Å²) in [5, 5.41) is 8.62. The summed E-state index contributed by atoms with van der Waals surface area (Å²) in [6, 6.07) is 8.85. The normalized spacial score (nSPS) is 17.7. The number of hydrogen-bond acceptors (Lipinski definition) is 2. The first kappa shape index (κ1) is 18.5. The van der Waals surface area contributed by atoms with E-state index in [0.29, 0.717) is 6.42 Å². The van der Waals surface area contributed by atoms with Gasteiger partial charge in [-0.05, 0) is 29.4 Å². The predicted octanol–water partition coefficient (Wildman–Crippen LogP) is 4.29. The van der Waals surface area contributed by atoms with Crippen LogP contribution in [-0.4, -0.2) is 28.4 Å². The number of hydrogen-bond donors (Lipinski definition) is 1. The van der Waals surface area contributed by atoms with E-state index in [2.05, 4.69) is 45.0 Å². The van der Waals surface area contributed by atoms with Crippen LogP contribution in [0.3, 0.4) is 0 Å². The van der Waals surface area contributed by atoms with Crippen LogP contribution in [0.15, 0.2) is 24.3 Å². The third kappa shape index (κ3) is 4.83. The fourth-order valence-electron chi connectivity index (χ4n) is 3.15. The van der Waals surface area contributed by atoms with Gasteiger partial charge in [-0.15, -0.1) is 0 Å². The van der Waals surface area contributed by atoms with Crippen molar-refractivity contribution in [1.29, 1.82) is 0 Å². The van der Waals surface area contributed by atoms with Crippen molar-refractivity contribution >= 4 is 11.9 Å². The molecule has 1 fully saturated rings. The molecule has 0 aromatic heterocycles. The van der Waals surface area contributed by atoms with Crippen molar-refractivity contribution in [3.05, 3.63) is 35.4 Å². The summed E-state index contributed by atoms with van der Waals surface area (Å²) in [6.07, 6.45) is 4.41. The molecule has 2 rings (SSSR count). The van der Waals surface area contributed by atoms with E-state index in [0.717, 1.165) is 32.2 Å². The first-order chi connectivity index (χ1) is 11.3. The molecule has 1 aliphatic rings. The minimum atomic E-state index is -0.730. The van der Waals surface area contributed by atoms with Gasteiger partial charge in [-0.2, -0.15) is 0 Å². The summed E-state index contributed by atoms with van der Waals surface area (Å²) in [6.45, 7) is 7.38. The Hall–Kier alpha value is -1.84. The molecule has 1 aliphatic heterocycles. The number of carboxylic acid groups (broad SMARTS) is 1. The van der Waals surface area contributed by atoms with Crippen molar-refractivity contribution < 1.29 is 14.7 Å². The van der Waals surface area contributed by atoms with E-state index < -0.39 is 5.97 Å². The molecule has 1 atom stereocenters. The number of likely N-dealkylation sites (tertiary alicyclic amines) is 1. The quantitative estimate of drug-likeness (QED) is 0.571. The number of rotatable bonds is 8. The van der Waals surface area contributed by atoms with Crippen LogP contribution in [0, 0.1) is 0 Å². The molecule has 1 amide bonds. The summed E-state index contributed by atoms with van der Waals surface area (Å²) >= 11 is 0. The van der Waals surface area contributed by atoms with Gasteiger partial charge in [0.15, 0.2) is 0 Å². The molecule has 1 saturated heterocycles. The molecule has 4 nitrogen and oxygen atoms in total. The van der Waals surface area contributed by atoms with Gasteiger partial charge in [0.25, 0.3) is 0 Å². The fraction of sp³-hybridized carbons (Fsp3) is 0.600. The van der Waals surface area contributed by atoms with Crippen LogP contribution in [0.1, 0.15) is 76.5 Å². The van der Waals surface area contributed by atoms with E-state index in [4.69, 9.17) is 5.11 Å². The Labute approximate surface area is 144 Å². The van der Waals surface area contributed by atoms with Gasteiger partial charge in [0.1, 0.15) is 0 Å². The highest BCUT2D eigenvalue weighted by atomic mass is 16.4. The number of β-lactam (4-membered cyclic amide) rings is 1. The van der Waals surface area contributed by atoms with Gasteiger partial charge >= 0.3 is 5.97 Å². The van der Waals surface area contributed by atoms with Crippen LogP contribution >= 0.6 is 0 Å². The van der Waals surface area contributed by atoms with Crippen LogP contribution in [0.4, 0.5) is 0 Å². The number of amides is 1. The highest BCUT2D eigenvalue weighted by Gasteiger charge is 2.36. The van der Waals surface area contributed by atoms with Crippen molar-refractivity contribution in [2.45, 2.75) is 70.8 Å². The smallest absolute Gasteiger partial charge is 0.303 e. The molecular formula is C20H29NO3. The van der Waals surface area contributed by atoms with Gasteiger partial charge in [-0.1, -0.05) is 57.9 Å². The number of carbonyl (C=O) groups is 2. The summed E-state index contributed by atoms with van der Waals surface area (Å²) < 4.78 is 0. The first-order valence-corrected chi connectivity index (χ1v) is 8.91. The van der Waals surface area contributed by atoms with E-state index in [1.807, 2.05) is 4.90 Å². The summed E-state index contributed by atoms with van der Waals surface area (Å²) in [5.74, 6) is -0.503. The molecule has 0 unspecified atom stereocenters. The van der Waals surface area contributed by atoms with Crippen LogP contribution in [0.5, 0.6) is 0 Å². The lowest BCUT2D eigenvalue weighted by Gasteiger charge is -2.41. The predicted molar refractivity (Wildman–Crippen MR) is 94.9 cm³/mol.